The third-order valence-electron chi connectivity index (χ3n) is 4.44. The zero-order valence-corrected chi connectivity index (χ0v) is 14.8. The fourth-order valence-electron chi connectivity index (χ4n) is 3.00. The molecule has 1 aliphatic rings. The summed E-state index contributed by atoms with van der Waals surface area (Å²) < 4.78 is 5.83. The smallest absolute Gasteiger partial charge is 0.326 e. The largest absolute Gasteiger partial charge is 0.373 e. The SMILES string of the molecule is C[C@H](NC(=O)N(c1ccccc1)c1ccccc1)[C@@H]1CN(C)CCO1. The molecule has 2 aromatic carbocycles. The average molecular weight is 339 g/mol. The number of rotatable bonds is 4. The van der Waals surface area contributed by atoms with Gasteiger partial charge in [0.1, 0.15) is 0 Å². The Labute approximate surface area is 149 Å². The number of carbonyl (C=O) groups is 1. The number of carbonyl (C=O) groups excluding carboxylic acids is 1. The lowest BCUT2D eigenvalue weighted by molar-refractivity contribution is -0.0332. The predicted molar refractivity (Wildman–Crippen MR) is 100 cm³/mol. The Balaban J connectivity index is 1.78. The number of para-hydroxylation sites is 2. The van der Waals surface area contributed by atoms with Gasteiger partial charge < -0.3 is 15.0 Å². The molecule has 2 aromatic rings. The Morgan fingerprint density at radius 3 is 2.20 bits per heavy atom. The Morgan fingerprint density at radius 1 is 1.12 bits per heavy atom. The lowest BCUT2D eigenvalue weighted by atomic mass is 10.1. The highest BCUT2D eigenvalue weighted by molar-refractivity contribution is 5.99. The zero-order chi connectivity index (χ0) is 17.6. The van der Waals surface area contributed by atoms with Gasteiger partial charge in [-0.2, -0.15) is 0 Å². The number of nitrogens with one attached hydrogen (secondary N) is 1. The molecule has 0 aromatic heterocycles. The van der Waals surface area contributed by atoms with Gasteiger partial charge in [-0.15, -0.1) is 0 Å². The molecule has 0 spiro atoms. The van der Waals surface area contributed by atoms with E-state index in [1.165, 1.54) is 0 Å². The van der Waals surface area contributed by atoms with Gasteiger partial charge in [0.2, 0.25) is 0 Å². The van der Waals surface area contributed by atoms with Crippen LogP contribution >= 0.6 is 0 Å². The van der Waals surface area contributed by atoms with E-state index in [4.69, 9.17) is 4.74 Å². The minimum atomic E-state index is -0.151. The number of nitrogens with zero attached hydrogens (tertiary/aromatic N) is 2. The first-order chi connectivity index (χ1) is 12.1. The molecule has 1 saturated heterocycles. The molecule has 5 heteroatoms. The number of ether oxygens (including phenoxy) is 1. The van der Waals surface area contributed by atoms with Crippen LogP contribution in [0.2, 0.25) is 0 Å². The van der Waals surface area contributed by atoms with Gasteiger partial charge >= 0.3 is 6.03 Å². The highest BCUT2D eigenvalue weighted by Crippen LogP contribution is 2.25. The molecule has 25 heavy (non-hydrogen) atoms. The van der Waals surface area contributed by atoms with E-state index < -0.39 is 0 Å². The lowest BCUT2D eigenvalue weighted by Gasteiger charge is -2.35. The molecule has 0 aliphatic carbocycles. The van der Waals surface area contributed by atoms with E-state index >= 15 is 0 Å². The molecule has 0 radical (unpaired) electrons. The molecule has 2 amide bonds. The van der Waals surface area contributed by atoms with Gasteiger partial charge in [0.25, 0.3) is 0 Å². The molecule has 1 heterocycles. The fourth-order valence-corrected chi connectivity index (χ4v) is 3.00. The van der Waals surface area contributed by atoms with Gasteiger partial charge in [-0.3, -0.25) is 4.90 Å². The van der Waals surface area contributed by atoms with Crippen LogP contribution in [0.25, 0.3) is 0 Å². The molecule has 2 atom stereocenters. The van der Waals surface area contributed by atoms with Gasteiger partial charge in [0.15, 0.2) is 0 Å². The number of hydrogen-bond donors (Lipinski definition) is 1. The lowest BCUT2D eigenvalue weighted by Crippen LogP contribution is -2.53. The Kier molecular flexibility index (Phi) is 5.68. The summed E-state index contributed by atoms with van der Waals surface area (Å²) in [5.74, 6) is 0. The van der Waals surface area contributed by atoms with Crippen LogP contribution in [0.1, 0.15) is 6.92 Å². The molecule has 132 valence electrons. The van der Waals surface area contributed by atoms with Crippen molar-refractivity contribution in [3.8, 4) is 0 Å². The molecule has 0 unspecified atom stereocenters. The van der Waals surface area contributed by atoms with Crippen LogP contribution in [-0.2, 0) is 4.74 Å². The maximum atomic E-state index is 13.0. The highest BCUT2D eigenvalue weighted by atomic mass is 16.5. The monoisotopic (exact) mass is 339 g/mol. The Morgan fingerprint density at radius 2 is 1.68 bits per heavy atom. The third kappa shape index (κ3) is 4.38. The number of hydrogen-bond acceptors (Lipinski definition) is 3. The van der Waals surface area contributed by atoms with Crippen LogP contribution in [0, 0.1) is 0 Å². The van der Waals surface area contributed by atoms with E-state index in [2.05, 4.69) is 17.3 Å². The summed E-state index contributed by atoms with van der Waals surface area (Å²) >= 11 is 0. The number of urea groups is 1. The van der Waals surface area contributed by atoms with Crippen molar-refractivity contribution in [3.63, 3.8) is 0 Å². The average Bonchev–Trinajstić information content (AvgIpc) is 2.63. The van der Waals surface area contributed by atoms with E-state index in [9.17, 15) is 4.79 Å². The molecule has 3 rings (SSSR count). The zero-order valence-electron chi connectivity index (χ0n) is 14.8. The highest BCUT2D eigenvalue weighted by Gasteiger charge is 2.27. The maximum absolute atomic E-state index is 13.0. The van der Waals surface area contributed by atoms with Crippen LogP contribution in [0.4, 0.5) is 16.2 Å². The number of amides is 2. The van der Waals surface area contributed by atoms with Crippen molar-refractivity contribution < 1.29 is 9.53 Å². The van der Waals surface area contributed by atoms with Crippen molar-refractivity contribution in [2.45, 2.75) is 19.1 Å². The van der Waals surface area contributed by atoms with E-state index in [0.29, 0.717) is 6.61 Å². The standard InChI is InChI=1S/C20H25N3O2/c1-16(19-15-22(2)13-14-25-19)21-20(24)23(17-9-5-3-6-10-17)18-11-7-4-8-12-18/h3-12,16,19H,13-15H2,1-2H3,(H,21,24)/t16-,19-/m0/s1. The second kappa shape index (κ2) is 8.14. The first-order valence-electron chi connectivity index (χ1n) is 8.66. The van der Waals surface area contributed by atoms with E-state index in [1.54, 1.807) is 4.90 Å². The summed E-state index contributed by atoms with van der Waals surface area (Å²) in [4.78, 5) is 16.9. The maximum Gasteiger partial charge on any atom is 0.326 e. The van der Waals surface area contributed by atoms with Crippen molar-refractivity contribution in [2.75, 3.05) is 31.6 Å². The van der Waals surface area contributed by atoms with E-state index in [0.717, 1.165) is 24.5 Å². The summed E-state index contributed by atoms with van der Waals surface area (Å²) in [6.45, 7) is 4.44. The topological polar surface area (TPSA) is 44.8 Å². The normalized spacial score (nSPS) is 19.2. The number of anilines is 2. The van der Waals surface area contributed by atoms with Crippen molar-refractivity contribution in [1.29, 1.82) is 0 Å². The quantitative estimate of drug-likeness (QED) is 0.930. The van der Waals surface area contributed by atoms with Crippen LogP contribution in [0.15, 0.2) is 60.7 Å². The Bertz CT molecular complexity index is 638. The second-order valence-electron chi connectivity index (χ2n) is 6.42. The summed E-state index contributed by atoms with van der Waals surface area (Å²) in [7, 11) is 2.07. The van der Waals surface area contributed by atoms with Crippen LogP contribution < -0.4 is 10.2 Å². The van der Waals surface area contributed by atoms with Crippen molar-refractivity contribution in [3.05, 3.63) is 60.7 Å². The number of morpholine rings is 1. The summed E-state index contributed by atoms with van der Waals surface area (Å²) in [5.41, 5.74) is 1.67. The van der Waals surface area contributed by atoms with Crippen molar-refractivity contribution in [1.82, 2.24) is 10.2 Å². The molecule has 1 fully saturated rings. The Hall–Kier alpha value is -2.37. The summed E-state index contributed by atoms with van der Waals surface area (Å²) in [6, 6.07) is 19.1. The van der Waals surface area contributed by atoms with Gasteiger partial charge in [-0.05, 0) is 38.2 Å². The molecular weight excluding hydrogens is 314 g/mol. The van der Waals surface area contributed by atoms with Gasteiger partial charge in [-0.1, -0.05) is 36.4 Å². The second-order valence-corrected chi connectivity index (χ2v) is 6.42. The first kappa shape index (κ1) is 17.5. The minimum absolute atomic E-state index is 0.00361. The van der Waals surface area contributed by atoms with Crippen LogP contribution in [-0.4, -0.2) is 49.8 Å². The van der Waals surface area contributed by atoms with E-state index in [1.807, 2.05) is 67.6 Å². The molecule has 0 saturated carbocycles. The first-order valence-corrected chi connectivity index (χ1v) is 8.66. The number of likely N-dealkylation sites (N-methyl/N-ethyl adjacent to an activating group) is 1. The minimum Gasteiger partial charge on any atom is -0.373 e. The van der Waals surface area contributed by atoms with Gasteiger partial charge in [0, 0.05) is 13.1 Å². The van der Waals surface area contributed by atoms with Crippen LogP contribution in [0.5, 0.6) is 0 Å². The van der Waals surface area contributed by atoms with Crippen molar-refractivity contribution in [2.24, 2.45) is 0 Å². The van der Waals surface area contributed by atoms with Crippen LogP contribution in [0.3, 0.4) is 0 Å². The van der Waals surface area contributed by atoms with Crippen molar-refractivity contribution >= 4 is 17.4 Å². The molecule has 1 N–H and O–H groups in total. The van der Waals surface area contributed by atoms with Gasteiger partial charge in [0.05, 0.1) is 30.1 Å². The van der Waals surface area contributed by atoms with Gasteiger partial charge in [-0.25, -0.2) is 4.79 Å². The molecule has 5 nitrogen and oxygen atoms in total. The predicted octanol–water partition coefficient (Wildman–Crippen LogP) is 3.25. The molecular formula is C20H25N3O2. The molecule has 0 bridgehead atoms. The third-order valence-corrected chi connectivity index (χ3v) is 4.44. The summed E-state index contributed by atoms with van der Waals surface area (Å²) in [6.07, 6.45) is -0.00361. The summed E-state index contributed by atoms with van der Waals surface area (Å²) in [5, 5.41) is 3.10. The fraction of sp³-hybridized carbons (Fsp3) is 0.350. The number of benzene rings is 2. The van der Waals surface area contributed by atoms with E-state index in [-0.39, 0.29) is 18.2 Å². The molecule has 1 aliphatic heterocycles.